The average molecular weight is 279 g/mol. The lowest BCUT2D eigenvalue weighted by Crippen LogP contribution is -2.58. The van der Waals surface area contributed by atoms with Gasteiger partial charge in [-0.05, 0) is 18.2 Å². The molecule has 1 heterocycles. The Kier molecular flexibility index (Phi) is 4.09. The van der Waals surface area contributed by atoms with Crippen LogP contribution in [0.15, 0.2) is 18.2 Å². The van der Waals surface area contributed by atoms with Crippen LogP contribution >= 0.6 is 0 Å². The van der Waals surface area contributed by atoms with Crippen molar-refractivity contribution in [2.75, 3.05) is 26.7 Å². The molecule has 0 radical (unpaired) electrons. The molecule has 1 fully saturated rings. The van der Waals surface area contributed by atoms with Crippen molar-refractivity contribution in [3.8, 4) is 11.5 Å². The van der Waals surface area contributed by atoms with Crippen LogP contribution in [0.2, 0.25) is 0 Å². The quantitative estimate of drug-likeness (QED) is 0.678. The van der Waals surface area contributed by atoms with E-state index in [1.54, 1.807) is 6.07 Å². The van der Waals surface area contributed by atoms with Gasteiger partial charge in [0, 0.05) is 25.2 Å². The van der Waals surface area contributed by atoms with E-state index in [1.165, 1.54) is 24.1 Å². The molecule has 0 aromatic heterocycles. The van der Waals surface area contributed by atoms with Crippen LogP contribution in [0.5, 0.6) is 11.5 Å². The Morgan fingerprint density at radius 3 is 2.85 bits per heavy atom. The Bertz CT molecular complexity index is 532. The van der Waals surface area contributed by atoms with Crippen molar-refractivity contribution in [2.45, 2.75) is 6.04 Å². The second kappa shape index (κ2) is 5.79. The number of phenolic OH excluding ortho intramolecular Hbond substituents is 1. The maximum absolute atomic E-state index is 12.4. The largest absolute Gasteiger partial charge is 0.504 e. The van der Waals surface area contributed by atoms with Crippen LogP contribution in [-0.4, -0.2) is 54.6 Å². The summed E-state index contributed by atoms with van der Waals surface area (Å²) in [5, 5.41) is 12.7. The van der Waals surface area contributed by atoms with E-state index in [4.69, 9.17) is 10.5 Å². The molecule has 0 saturated carbocycles. The molecule has 7 heteroatoms. The summed E-state index contributed by atoms with van der Waals surface area (Å²) in [6.07, 6.45) is 0. The summed E-state index contributed by atoms with van der Waals surface area (Å²) in [6, 6.07) is 3.69. The molecule has 2 rings (SSSR count). The van der Waals surface area contributed by atoms with Crippen LogP contribution in [0.1, 0.15) is 10.4 Å². The van der Waals surface area contributed by atoms with Gasteiger partial charge in [-0.3, -0.25) is 9.59 Å². The van der Waals surface area contributed by atoms with Gasteiger partial charge >= 0.3 is 0 Å². The van der Waals surface area contributed by atoms with E-state index < -0.39 is 11.9 Å². The fourth-order valence-electron chi connectivity index (χ4n) is 2.19. The molecule has 1 aliphatic heterocycles. The lowest BCUT2D eigenvalue weighted by molar-refractivity contribution is -0.122. The van der Waals surface area contributed by atoms with Crippen LogP contribution in [-0.2, 0) is 4.79 Å². The van der Waals surface area contributed by atoms with Gasteiger partial charge in [0.25, 0.3) is 5.91 Å². The van der Waals surface area contributed by atoms with E-state index in [2.05, 4.69) is 5.32 Å². The number of rotatable bonds is 3. The van der Waals surface area contributed by atoms with Crippen LogP contribution in [0.3, 0.4) is 0 Å². The third-order valence-electron chi connectivity index (χ3n) is 3.26. The molecule has 1 aromatic rings. The highest BCUT2D eigenvalue weighted by atomic mass is 16.5. The van der Waals surface area contributed by atoms with Gasteiger partial charge in [0.15, 0.2) is 11.5 Å². The van der Waals surface area contributed by atoms with Crippen molar-refractivity contribution in [3.05, 3.63) is 23.8 Å². The number of hydrogen-bond donors (Lipinski definition) is 3. The van der Waals surface area contributed by atoms with Gasteiger partial charge in [-0.2, -0.15) is 0 Å². The summed E-state index contributed by atoms with van der Waals surface area (Å²) in [6.45, 7) is 1.32. The predicted molar refractivity (Wildman–Crippen MR) is 71.5 cm³/mol. The second-order valence-electron chi connectivity index (χ2n) is 4.51. The van der Waals surface area contributed by atoms with Gasteiger partial charge in [0.1, 0.15) is 6.04 Å². The Morgan fingerprint density at radius 1 is 1.50 bits per heavy atom. The Balaban J connectivity index is 2.25. The Hall–Kier alpha value is -2.28. The number of phenols is 1. The molecule has 2 amide bonds. The topological polar surface area (TPSA) is 105 Å². The van der Waals surface area contributed by atoms with E-state index >= 15 is 0 Å². The SMILES string of the molecule is COc1ccc(C(=O)N2CCNCC2C(N)=O)cc1O. The van der Waals surface area contributed by atoms with Crippen LogP contribution < -0.4 is 15.8 Å². The minimum Gasteiger partial charge on any atom is -0.504 e. The summed E-state index contributed by atoms with van der Waals surface area (Å²) in [5.74, 6) is -0.728. The van der Waals surface area contributed by atoms with Gasteiger partial charge in [-0.25, -0.2) is 0 Å². The molecule has 0 aliphatic carbocycles. The summed E-state index contributed by atoms with van der Waals surface area (Å²) in [4.78, 5) is 25.2. The molecule has 1 aliphatic rings. The number of benzene rings is 1. The molecule has 1 unspecified atom stereocenters. The predicted octanol–water partition coefficient (Wildman–Crippen LogP) is -0.700. The summed E-state index contributed by atoms with van der Waals surface area (Å²) in [5.41, 5.74) is 5.60. The molecule has 1 saturated heterocycles. The number of ether oxygens (including phenoxy) is 1. The number of carbonyl (C=O) groups is 2. The summed E-state index contributed by atoms with van der Waals surface area (Å²) in [7, 11) is 1.43. The number of carbonyl (C=O) groups excluding carboxylic acids is 2. The smallest absolute Gasteiger partial charge is 0.254 e. The number of aromatic hydroxyl groups is 1. The third kappa shape index (κ3) is 2.67. The molecule has 7 nitrogen and oxygen atoms in total. The zero-order chi connectivity index (χ0) is 14.7. The number of hydrogen-bond acceptors (Lipinski definition) is 5. The van der Waals surface area contributed by atoms with E-state index in [1.807, 2.05) is 0 Å². The van der Waals surface area contributed by atoms with Gasteiger partial charge in [-0.1, -0.05) is 0 Å². The van der Waals surface area contributed by atoms with Crippen molar-refractivity contribution in [2.24, 2.45) is 5.73 Å². The second-order valence-corrected chi connectivity index (χ2v) is 4.51. The minimum absolute atomic E-state index is 0.121. The first kappa shape index (κ1) is 14.1. The highest BCUT2D eigenvalue weighted by Gasteiger charge is 2.31. The van der Waals surface area contributed by atoms with E-state index in [-0.39, 0.29) is 23.0 Å². The normalized spacial score (nSPS) is 18.6. The molecular formula is C13H17N3O4. The van der Waals surface area contributed by atoms with Crippen molar-refractivity contribution >= 4 is 11.8 Å². The summed E-state index contributed by atoms with van der Waals surface area (Å²) >= 11 is 0. The zero-order valence-electron chi connectivity index (χ0n) is 11.1. The average Bonchev–Trinajstić information content (AvgIpc) is 2.46. The zero-order valence-corrected chi connectivity index (χ0v) is 11.1. The molecule has 0 spiro atoms. The molecular weight excluding hydrogens is 262 g/mol. The number of methoxy groups -OCH3 is 1. The van der Waals surface area contributed by atoms with Gasteiger partial charge in [0.05, 0.1) is 7.11 Å². The van der Waals surface area contributed by atoms with E-state index in [9.17, 15) is 14.7 Å². The van der Waals surface area contributed by atoms with Crippen molar-refractivity contribution < 1.29 is 19.4 Å². The number of piperazine rings is 1. The first-order valence-electron chi connectivity index (χ1n) is 6.22. The van der Waals surface area contributed by atoms with Gasteiger partial charge in [-0.15, -0.1) is 0 Å². The van der Waals surface area contributed by atoms with Crippen LogP contribution in [0.4, 0.5) is 0 Å². The Morgan fingerprint density at radius 2 is 2.25 bits per heavy atom. The molecule has 108 valence electrons. The van der Waals surface area contributed by atoms with E-state index in [0.29, 0.717) is 19.6 Å². The lowest BCUT2D eigenvalue weighted by Gasteiger charge is -2.34. The van der Waals surface area contributed by atoms with Gasteiger partial charge in [0.2, 0.25) is 5.91 Å². The van der Waals surface area contributed by atoms with Crippen LogP contribution in [0.25, 0.3) is 0 Å². The first-order valence-corrected chi connectivity index (χ1v) is 6.22. The minimum atomic E-state index is -0.680. The number of amides is 2. The molecule has 0 bridgehead atoms. The molecule has 20 heavy (non-hydrogen) atoms. The molecule has 1 atom stereocenters. The van der Waals surface area contributed by atoms with E-state index in [0.717, 1.165) is 0 Å². The number of nitrogens with two attached hydrogens (primary N) is 1. The summed E-state index contributed by atoms with van der Waals surface area (Å²) < 4.78 is 4.93. The molecule has 1 aromatic carbocycles. The van der Waals surface area contributed by atoms with Crippen molar-refractivity contribution in [1.29, 1.82) is 0 Å². The maximum atomic E-state index is 12.4. The van der Waals surface area contributed by atoms with Crippen molar-refractivity contribution in [3.63, 3.8) is 0 Å². The number of nitrogens with one attached hydrogen (secondary N) is 1. The Labute approximate surface area is 116 Å². The third-order valence-corrected chi connectivity index (χ3v) is 3.26. The number of primary amides is 1. The highest BCUT2D eigenvalue weighted by molar-refractivity contribution is 5.98. The van der Waals surface area contributed by atoms with Gasteiger partial charge < -0.3 is 25.8 Å². The number of nitrogens with zero attached hydrogens (tertiary/aromatic N) is 1. The standard InChI is InChI=1S/C13H17N3O4/c1-20-11-3-2-8(6-10(11)17)13(19)16-5-4-15-7-9(16)12(14)18/h2-3,6,9,15,17H,4-5,7H2,1H3,(H2,14,18). The maximum Gasteiger partial charge on any atom is 0.254 e. The van der Waals surface area contributed by atoms with Crippen molar-refractivity contribution in [1.82, 2.24) is 10.2 Å². The molecule has 4 N–H and O–H groups in total. The first-order chi connectivity index (χ1) is 9.54. The van der Waals surface area contributed by atoms with Crippen LogP contribution in [0, 0.1) is 0 Å². The fourth-order valence-corrected chi connectivity index (χ4v) is 2.19. The highest BCUT2D eigenvalue weighted by Crippen LogP contribution is 2.27. The fraction of sp³-hybridized carbons (Fsp3) is 0.385. The lowest BCUT2D eigenvalue weighted by atomic mass is 10.1. The monoisotopic (exact) mass is 279 g/mol.